The molecule has 0 unspecified atom stereocenters. The molecular formula is C15H21NO2. The van der Waals surface area contributed by atoms with Crippen LogP contribution in [0, 0.1) is 12.8 Å². The Kier molecular flexibility index (Phi) is 3.90. The average Bonchev–Trinajstić information content (AvgIpc) is 2.81. The second-order valence-electron chi connectivity index (χ2n) is 5.34. The van der Waals surface area contributed by atoms with Gasteiger partial charge in [0.05, 0.1) is 5.56 Å². The summed E-state index contributed by atoms with van der Waals surface area (Å²) in [4.78, 5) is 13.2. The first-order valence-electron chi connectivity index (χ1n) is 6.63. The number of hydrogen-bond acceptors (Lipinski definition) is 2. The molecule has 18 heavy (non-hydrogen) atoms. The van der Waals surface area contributed by atoms with E-state index < -0.39 is 5.97 Å². The van der Waals surface area contributed by atoms with Gasteiger partial charge < -0.3 is 10.0 Å². The van der Waals surface area contributed by atoms with Crippen molar-refractivity contribution < 1.29 is 9.90 Å². The Balaban J connectivity index is 2.09. The Labute approximate surface area is 108 Å². The van der Waals surface area contributed by atoms with Gasteiger partial charge in [-0.1, -0.05) is 12.8 Å². The summed E-state index contributed by atoms with van der Waals surface area (Å²) in [6, 6.07) is 5.37. The molecule has 0 saturated heterocycles. The predicted octanol–water partition coefficient (Wildman–Crippen LogP) is 3.32. The number of hydrogen-bond donors (Lipinski definition) is 1. The molecule has 3 nitrogen and oxygen atoms in total. The molecule has 1 fully saturated rings. The molecule has 1 saturated carbocycles. The maximum absolute atomic E-state index is 10.9. The third kappa shape index (κ3) is 2.84. The summed E-state index contributed by atoms with van der Waals surface area (Å²) in [7, 11) is 2.10. The Bertz CT molecular complexity index is 436. The molecule has 0 aromatic heterocycles. The van der Waals surface area contributed by atoms with Crippen LogP contribution in [0.5, 0.6) is 0 Å². The lowest BCUT2D eigenvalue weighted by Gasteiger charge is -2.25. The third-order valence-corrected chi connectivity index (χ3v) is 3.86. The van der Waals surface area contributed by atoms with Crippen molar-refractivity contribution >= 4 is 11.7 Å². The van der Waals surface area contributed by atoms with Crippen LogP contribution in [-0.4, -0.2) is 24.7 Å². The number of nitrogens with zero attached hydrogens (tertiary/aromatic N) is 1. The van der Waals surface area contributed by atoms with Crippen LogP contribution < -0.4 is 4.90 Å². The average molecular weight is 247 g/mol. The molecule has 0 aliphatic heterocycles. The first kappa shape index (κ1) is 12.9. The monoisotopic (exact) mass is 247 g/mol. The van der Waals surface area contributed by atoms with Crippen molar-refractivity contribution in [2.24, 2.45) is 5.92 Å². The third-order valence-electron chi connectivity index (χ3n) is 3.86. The van der Waals surface area contributed by atoms with E-state index in [9.17, 15) is 4.79 Å². The molecule has 0 radical (unpaired) electrons. The SMILES string of the molecule is Cc1cc(C(=O)O)ccc1N(C)CC1CCCC1. The summed E-state index contributed by atoms with van der Waals surface area (Å²) in [5.41, 5.74) is 2.55. The minimum absolute atomic E-state index is 0.366. The Morgan fingerprint density at radius 1 is 1.39 bits per heavy atom. The molecular weight excluding hydrogens is 226 g/mol. The lowest BCUT2D eigenvalue weighted by Crippen LogP contribution is -2.24. The first-order valence-corrected chi connectivity index (χ1v) is 6.63. The highest BCUT2D eigenvalue weighted by Gasteiger charge is 2.18. The van der Waals surface area contributed by atoms with Gasteiger partial charge in [0.1, 0.15) is 0 Å². The number of benzene rings is 1. The quantitative estimate of drug-likeness (QED) is 0.887. The highest BCUT2D eigenvalue weighted by Crippen LogP contribution is 2.28. The second kappa shape index (κ2) is 5.42. The molecule has 2 rings (SSSR count). The van der Waals surface area contributed by atoms with Crippen molar-refractivity contribution in [3.8, 4) is 0 Å². The number of rotatable bonds is 4. The van der Waals surface area contributed by atoms with E-state index in [1.165, 1.54) is 25.7 Å². The topological polar surface area (TPSA) is 40.5 Å². The predicted molar refractivity (Wildman–Crippen MR) is 73.4 cm³/mol. The van der Waals surface area contributed by atoms with E-state index in [0.717, 1.165) is 23.7 Å². The Morgan fingerprint density at radius 3 is 2.61 bits per heavy atom. The van der Waals surface area contributed by atoms with Gasteiger partial charge in [-0.2, -0.15) is 0 Å². The van der Waals surface area contributed by atoms with Crippen molar-refractivity contribution in [1.29, 1.82) is 0 Å². The van der Waals surface area contributed by atoms with Crippen molar-refractivity contribution in [3.63, 3.8) is 0 Å². The zero-order valence-corrected chi connectivity index (χ0v) is 11.1. The maximum Gasteiger partial charge on any atom is 0.335 e. The molecule has 0 heterocycles. The molecule has 1 aromatic carbocycles. The van der Waals surface area contributed by atoms with Crippen LogP contribution in [0.1, 0.15) is 41.6 Å². The van der Waals surface area contributed by atoms with Gasteiger partial charge in [-0.25, -0.2) is 4.79 Å². The van der Waals surface area contributed by atoms with Crippen molar-refractivity contribution in [2.45, 2.75) is 32.6 Å². The van der Waals surface area contributed by atoms with Crippen molar-refractivity contribution in [3.05, 3.63) is 29.3 Å². The minimum atomic E-state index is -0.858. The van der Waals surface area contributed by atoms with Gasteiger partial charge >= 0.3 is 5.97 Å². The van der Waals surface area contributed by atoms with Gasteiger partial charge in [-0.15, -0.1) is 0 Å². The lowest BCUT2D eigenvalue weighted by molar-refractivity contribution is 0.0697. The number of aryl methyl sites for hydroxylation is 1. The van der Waals surface area contributed by atoms with Gasteiger partial charge in [0.15, 0.2) is 0 Å². The van der Waals surface area contributed by atoms with Crippen LogP contribution in [0.15, 0.2) is 18.2 Å². The Hall–Kier alpha value is -1.51. The van der Waals surface area contributed by atoms with E-state index in [2.05, 4.69) is 11.9 Å². The molecule has 98 valence electrons. The summed E-state index contributed by atoms with van der Waals surface area (Å²) in [6.45, 7) is 3.06. The fraction of sp³-hybridized carbons (Fsp3) is 0.533. The lowest BCUT2D eigenvalue weighted by atomic mass is 10.1. The van der Waals surface area contributed by atoms with Crippen LogP contribution in [-0.2, 0) is 0 Å². The van der Waals surface area contributed by atoms with Gasteiger partial charge in [0, 0.05) is 19.3 Å². The highest BCUT2D eigenvalue weighted by molar-refractivity contribution is 5.88. The summed E-state index contributed by atoms with van der Waals surface area (Å²) < 4.78 is 0. The van der Waals surface area contributed by atoms with E-state index in [0.29, 0.717) is 5.56 Å². The van der Waals surface area contributed by atoms with Gasteiger partial charge in [0.2, 0.25) is 0 Å². The summed E-state index contributed by atoms with van der Waals surface area (Å²) in [5, 5.41) is 8.95. The van der Waals surface area contributed by atoms with E-state index in [1.807, 2.05) is 13.0 Å². The fourth-order valence-electron chi connectivity index (χ4n) is 2.90. The van der Waals surface area contributed by atoms with Gasteiger partial charge in [-0.3, -0.25) is 0 Å². The Morgan fingerprint density at radius 2 is 2.06 bits per heavy atom. The smallest absolute Gasteiger partial charge is 0.335 e. The number of carbonyl (C=O) groups is 1. The second-order valence-corrected chi connectivity index (χ2v) is 5.34. The number of anilines is 1. The molecule has 0 bridgehead atoms. The molecule has 0 spiro atoms. The molecule has 0 atom stereocenters. The zero-order valence-electron chi connectivity index (χ0n) is 11.1. The van der Waals surface area contributed by atoms with Crippen molar-refractivity contribution in [1.82, 2.24) is 0 Å². The molecule has 1 aliphatic rings. The van der Waals surface area contributed by atoms with Crippen molar-refractivity contribution in [2.75, 3.05) is 18.5 Å². The highest BCUT2D eigenvalue weighted by atomic mass is 16.4. The molecule has 3 heteroatoms. The molecule has 0 amide bonds. The van der Waals surface area contributed by atoms with Crippen LogP contribution in [0.4, 0.5) is 5.69 Å². The van der Waals surface area contributed by atoms with Crippen LogP contribution in [0.2, 0.25) is 0 Å². The van der Waals surface area contributed by atoms with E-state index in [-0.39, 0.29) is 0 Å². The van der Waals surface area contributed by atoms with E-state index in [4.69, 9.17) is 5.11 Å². The largest absolute Gasteiger partial charge is 0.478 e. The first-order chi connectivity index (χ1) is 8.58. The van der Waals surface area contributed by atoms with E-state index in [1.54, 1.807) is 12.1 Å². The summed E-state index contributed by atoms with van der Waals surface area (Å²) in [5.74, 6) is -0.0587. The zero-order chi connectivity index (χ0) is 13.1. The normalized spacial score (nSPS) is 15.9. The van der Waals surface area contributed by atoms with E-state index >= 15 is 0 Å². The number of carboxylic acid groups (broad SMARTS) is 1. The minimum Gasteiger partial charge on any atom is -0.478 e. The summed E-state index contributed by atoms with van der Waals surface area (Å²) >= 11 is 0. The fourth-order valence-corrected chi connectivity index (χ4v) is 2.90. The number of aromatic carboxylic acids is 1. The summed E-state index contributed by atoms with van der Waals surface area (Å²) in [6.07, 6.45) is 5.37. The standard InChI is InChI=1S/C15H21NO2/c1-11-9-13(15(17)18)7-8-14(11)16(2)10-12-5-3-4-6-12/h7-9,12H,3-6,10H2,1-2H3,(H,17,18). The molecule has 1 aliphatic carbocycles. The molecule has 1 N–H and O–H groups in total. The van der Waals surface area contributed by atoms with Gasteiger partial charge in [-0.05, 0) is 49.4 Å². The number of carboxylic acids is 1. The van der Waals surface area contributed by atoms with Crippen LogP contribution >= 0.6 is 0 Å². The van der Waals surface area contributed by atoms with Crippen LogP contribution in [0.3, 0.4) is 0 Å². The molecule has 1 aromatic rings. The van der Waals surface area contributed by atoms with Gasteiger partial charge in [0.25, 0.3) is 0 Å². The maximum atomic E-state index is 10.9. The van der Waals surface area contributed by atoms with Crippen LogP contribution in [0.25, 0.3) is 0 Å².